The van der Waals surface area contributed by atoms with Crippen LogP contribution in [0.25, 0.3) is 43.1 Å². The Morgan fingerprint density at radius 1 is 0.388 bits per heavy atom. The molecule has 6 amide bonds. The number of rotatable bonds is 28. The predicted octanol–water partition coefficient (Wildman–Crippen LogP) is 16.4. The van der Waals surface area contributed by atoms with Gasteiger partial charge in [-0.15, -0.1) is 0 Å². The highest BCUT2D eigenvalue weighted by molar-refractivity contribution is 6.45. The second-order valence-corrected chi connectivity index (χ2v) is 28.5. The average Bonchev–Trinajstić information content (AvgIpc) is 0.691. The number of hydrogen-bond donors (Lipinski definition) is 0. The molecular formula is C76H68Cl4N4O14. The monoisotopic (exact) mass is 1400 g/mol. The molecule has 0 N–H and O–H groups in total. The molecule has 6 heterocycles. The average molecular weight is 1400 g/mol. The molecule has 22 heteroatoms. The van der Waals surface area contributed by atoms with E-state index in [0.717, 1.165) is 9.80 Å². The van der Waals surface area contributed by atoms with Crippen molar-refractivity contribution in [3.05, 3.63) is 164 Å². The summed E-state index contributed by atoms with van der Waals surface area (Å²) in [7, 11) is 0. The number of benzene rings is 9. The number of imide groups is 2. The first kappa shape index (κ1) is 65.6. The normalized spacial score (nSPS) is 18.9. The quantitative estimate of drug-likeness (QED) is 0.0194. The molecule has 6 atom stereocenters. The van der Waals surface area contributed by atoms with Crippen LogP contribution in [0.15, 0.2) is 121 Å². The Balaban J connectivity index is 1.04. The summed E-state index contributed by atoms with van der Waals surface area (Å²) in [5.41, 5.74) is 0.0262. The van der Waals surface area contributed by atoms with E-state index >= 15 is 28.8 Å². The zero-order valence-corrected chi connectivity index (χ0v) is 57.1. The zero-order valence-electron chi connectivity index (χ0n) is 54.1. The Labute approximate surface area is 584 Å². The number of hydrogen-bond acceptors (Lipinski definition) is 14. The van der Waals surface area contributed by atoms with Gasteiger partial charge in [-0.2, -0.15) is 0 Å². The molecule has 0 bridgehead atoms. The first-order chi connectivity index (χ1) is 47.3. The molecule has 6 unspecified atom stereocenters. The minimum atomic E-state index is -1.29. The number of epoxide rings is 4. The van der Waals surface area contributed by atoms with Crippen LogP contribution in [0.1, 0.15) is 108 Å². The molecule has 0 spiro atoms. The molecule has 98 heavy (non-hydrogen) atoms. The molecule has 6 aliphatic rings. The summed E-state index contributed by atoms with van der Waals surface area (Å²) in [6, 6.07) is 30.2. The molecule has 504 valence electrons. The highest BCUT2D eigenvalue weighted by Crippen LogP contribution is 2.58. The summed E-state index contributed by atoms with van der Waals surface area (Å²) in [5.74, 6) is -2.95. The lowest BCUT2D eigenvalue weighted by atomic mass is 9.80. The van der Waals surface area contributed by atoms with Crippen molar-refractivity contribution in [1.82, 2.24) is 19.6 Å². The van der Waals surface area contributed by atoms with Crippen LogP contribution in [0.4, 0.5) is 0 Å². The smallest absolute Gasteiger partial charge is 0.262 e. The number of amides is 6. The second-order valence-electron chi connectivity index (χ2n) is 26.8. The van der Waals surface area contributed by atoms with Crippen molar-refractivity contribution in [2.24, 2.45) is 11.8 Å². The topological polar surface area (TPSA) is 202 Å². The van der Waals surface area contributed by atoms with Crippen molar-refractivity contribution < 1.29 is 66.7 Å². The molecule has 9 aromatic carbocycles. The van der Waals surface area contributed by atoms with Gasteiger partial charge in [0.1, 0.15) is 58.1 Å². The van der Waals surface area contributed by atoms with Crippen LogP contribution in [-0.4, -0.2) is 144 Å². The van der Waals surface area contributed by atoms with Crippen molar-refractivity contribution in [2.75, 3.05) is 52.6 Å². The Bertz CT molecular complexity index is 4120. The predicted molar refractivity (Wildman–Crippen MR) is 372 cm³/mol. The van der Waals surface area contributed by atoms with Crippen LogP contribution < -0.4 is 18.9 Å². The van der Waals surface area contributed by atoms with Crippen LogP contribution in [0.5, 0.6) is 46.0 Å². The molecule has 6 aliphatic heterocycles. The maximum absolute atomic E-state index is 16.4. The summed E-state index contributed by atoms with van der Waals surface area (Å²) in [5, 5.41) is 3.47. The lowest BCUT2D eigenvalue weighted by Gasteiger charge is -2.38. The van der Waals surface area contributed by atoms with Gasteiger partial charge in [0.05, 0.1) is 73.1 Å². The van der Waals surface area contributed by atoms with Crippen molar-refractivity contribution in [3.8, 4) is 46.0 Å². The zero-order chi connectivity index (χ0) is 67.9. The van der Waals surface area contributed by atoms with Gasteiger partial charge in [-0.3, -0.25) is 38.6 Å². The van der Waals surface area contributed by atoms with Gasteiger partial charge < -0.3 is 47.7 Å². The Hall–Kier alpha value is -8.30. The van der Waals surface area contributed by atoms with Gasteiger partial charge in [0.15, 0.2) is 0 Å². The number of carbonyl (C=O) groups is 6. The Morgan fingerprint density at radius 2 is 0.612 bits per heavy atom. The van der Waals surface area contributed by atoms with E-state index in [2.05, 4.69) is 0 Å². The van der Waals surface area contributed by atoms with Gasteiger partial charge in [-0.05, 0) is 172 Å². The standard InChI is InChI=1S/C76H68Cl4N4O14/c1-39(2)29-57(75(89)81(25-21-49-35-91-49)26-22-50-36-92-50)83-71(85)53-31-59(95-45-13-5-41(77)6-14-45)65-67-61(97-47-17-9-43(79)10-18-47)33-55-64-56(74(88)84(73(55)87)58(30-40(3)4)76(90)82(27-23-51-37-93-51)28-24-52-38-94-52)34-62(98-48-19-11-44(80)12-20-48)68(70(64)67)66-60(96-46-15-7-42(78)8-16-46)32-54(72(83)86)63(53)69(65)66/h5-20,31-34,39-40,49-52,57-58H,21-30,35-38H2,1-4H3. The number of carbonyl (C=O) groups excluding carboxylic acids is 6. The molecule has 18 nitrogen and oxygen atoms in total. The molecule has 0 saturated carbocycles. The Morgan fingerprint density at radius 3 is 0.816 bits per heavy atom. The molecule has 9 aromatic rings. The van der Waals surface area contributed by atoms with Crippen LogP contribution in [0.2, 0.25) is 20.1 Å². The van der Waals surface area contributed by atoms with Crippen molar-refractivity contribution in [1.29, 1.82) is 0 Å². The van der Waals surface area contributed by atoms with Gasteiger partial charge in [-0.25, -0.2) is 0 Å². The number of halogens is 4. The van der Waals surface area contributed by atoms with Crippen LogP contribution in [0, 0.1) is 11.8 Å². The fraction of sp³-hybridized carbons (Fsp3) is 0.342. The number of nitrogens with zero attached hydrogens (tertiary/aromatic N) is 4. The summed E-state index contributed by atoms with van der Waals surface area (Å²) in [4.78, 5) is 102. The first-order valence-electron chi connectivity index (χ1n) is 33.2. The second kappa shape index (κ2) is 26.7. The molecule has 0 aromatic heterocycles. The van der Waals surface area contributed by atoms with E-state index in [9.17, 15) is 0 Å². The van der Waals surface area contributed by atoms with Crippen LogP contribution in [-0.2, 0) is 28.5 Å². The number of ether oxygens (including phenoxy) is 8. The lowest BCUT2D eigenvalue weighted by molar-refractivity contribution is -0.137. The van der Waals surface area contributed by atoms with E-state index < -0.39 is 47.5 Å². The minimum Gasteiger partial charge on any atom is -0.457 e. The maximum atomic E-state index is 16.4. The van der Waals surface area contributed by atoms with Gasteiger partial charge >= 0.3 is 0 Å². The van der Waals surface area contributed by atoms with E-state index in [1.165, 1.54) is 0 Å². The molecule has 4 saturated heterocycles. The molecule has 4 fully saturated rings. The molecular weight excluding hydrogens is 1330 g/mol. The summed E-state index contributed by atoms with van der Waals surface area (Å²) in [6.45, 7) is 11.3. The highest BCUT2D eigenvalue weighted by atomic mass is 35.5. The Kier molecular flexibility index (Phi) is 17.9. The van der Waals surface area contributed by atoms with E-state index in [0.29, 0.717) is 98.4 Å². The van der Waals surface area contributed by atoms with Crippen molar-refractivity contribution >= 4 is 125 Å². The van der Waals surface area contributed by atoms with E-state index in [4.69, 9.17) is 84.3 Å². The van der Waals surface area contributed by atoms with Gasteiger partial charge in [-0.1, -0.05) is 74.1 Å². The van der Waals surface area contributed by atoms with Crippen LogP contribution in [0.3, 0.4) is 0 Å². The molecule has 0 aliphatic carbocycles. The largest absolute Gasteiger partial charge is 0.457 e. The summed E-state index contributed by atoms with van der Waals surface area (Å²) in [6.07, 6.45) is 2.43. The maximum Gasteiger partial charge on any atom is 0.262 e. The summed E-state index contributed by atoms with van der Waals surface area (Å²) < 4.78 is 51.0. The summed E-state index contributed by atoms with van der Waals surface area (Å²) >= 11 is 26.3. The van der Waals surface area contributed by atoms with Crippen molar-refractivity contribution in [2.45, 2.75) is 103 Å². The molecule has 15 rings (SSSR count). The van der Waals surface area contributed by atoms with E-state index in [-0.39, 0.29) is 160 Å². The highest BCUT2D eigenvalue weighted by Gasteiger charge is 2.48. The third-order valence-electron chi connectivity index (χ3n) is 18.8. The van der Waals surface area contributed by atoms with Crippen LogP contribution >= 0.6 is 46.4 Å². The molecule has 0 radical (unpaired) electrons. The van der Waals surface area contributed by atoms with E-state index in [1.807, 2.05) is 27.7 Å². The SMILES string of the molecule is CC(C)CC(C(=O)N(CCC1CO1)CCC1CO1)N1C(=O)c2cc(Oc3ccc(Cl)cc3)c3c4c(Oc5ccc(Cl)cc5)cc5c6c(cc(Oc7ccc(Cl)cc7)c(c7c(Oc8ccc(Cl)cc8)cc(c2c37)C1=O)c64)C(=O)N(C(CC(C)C)C(=O)N(CCC1CO1)CCC1CO1)C5=O. The van der Waals surface area contributed by atoms with Crippen molar-refractivity contribution in [3.63, 3.8) is 0 Å². The van der Waals surface area contributed by atoms with Gasteiger partial charge in [0.2, 0.25) is 11.8 Å². The van der Waals surface area contributed by atoms with Gasteiger partial charge in [0.25, 0.3) is 23.6 Å². The lowest BCUT2D eigenvalue weighted by Crippen LogP contribution is -2.55. The third-order valence-corrected chi connectivity index (χ3v) is 19.8. The minimum absolute atomic E-state index is 0.00656. The number of fused-ring (bicyclic) bond motifs is 2. The van der Waals surface area contributed by atoms with Gasteiger partial charge in [0, 0.05) is 89.4 Å². The fourth-order valence-corrected chi connectivity index (χ4v) is 14.2. The third kappa shape index (κ3) is 13.2. The van der Waals surface area contributed by atoms with E-state index in [1.54, 1.807) is 131 Å². The first-order valence-corrected chi connectivity index (χ1v) is 34.7. The fourth-order valence-electron chi connectivity index (χ4n) is 13.7.